The van der Waals surface area contributed by atoms with Gasteiger partial charge in [0.05, 0.1) is 85.4 Å². The van der Waals surface area contributed by atoms with E-state index in [0.29, 0.717) is 117 Å². The molecular weight excluding hydrogens is 1880 g/mol. The summed E-state index contributed by atoms with van der Waals surface area (Å²) in [6.07, 6.45) is 9.70. The summed E-state index contributed by atoms with van der Waals surface area (Å²) in [6, 6.07) is 6.48. The molecule has 2 aliphatic heterocycles. The second kappa shape index (κ2) is 75.7. The molecule has 2 saturated heterocycles. The Hall–Kier alpha value is -10.0. The van der Waals surface area contributed by atoms with Crippen molar-refractivity contribution in [3.05, 3.63) is 166 Å². The summed E-state index contributed by atoms with van der Waals surface area (Å²) in [5, 5.41) is 69.7. The first-order valence-electron chi connectivity index (χ1n) is 50.7. The van der Waals surface area contributed by atoms with E-state index in [1.54, 1.807) is 71.3 Å². The maximum absolute atomic E-state index is 11.9. The van der Waals surface area contributed by atoms with Crippen molar-refractivity contribution < 1.29 is 58.2 Å². The lowest BCUT2D eigenvalue weighted by molar-refractivity contribution is -0.217. The van der Waals surface area contributed by atoms with Gasteiger partial charge in [0, 0.05) is 124 Å². The highest BCUT2D eigenvalue weighted by molar-refractivity contribution is 7.90. The van der Waals surface area contributed by atoms with Crippen LogP contribution in [0.4, 0.5) is 13.2 Å². The van der Waals surface area contributed by atoms with Gasteiger partial charge in [0.15, 0.2) is 23.4 Å². The van der Waals surface area contributed by atoms with Gasteiger partial charge in [-0.25, -0.2) is 23.1 Å². The number of H-pyrrole nitrogens is 1. The molecule has 12 rings (SSSR count). The van der Waals surface area contributed by atoms with Crippen LogP contribution >= 0.6 is 0 Å². The van der Waals surface area contributed by atoms with Gasteiger partial charge in [-0.05, 0) is 154 Å². The number of alkyl halides is 3. The first kappa shape index (κ1) is 144. The van der Waals surface area contributed by atoms with E-state index in [0.717, 1.165) is 108 Å². The molecule has 3 aliphatic rings. The molecule has 39 heteroatoms. The van der Waals surface area contributed by atoms with Crippen molar-refractivity contribution in [2.24, 2.45) is 55.5 Å². The first-order valence-corrected chi connectivity index (χ1v) is 52.2. The molecule has 0 bridgehead atoms. The summed E-state index contributed by atoms with van der Waals surface area (Å²) in [6.45, 7) is 94.8. The monoisotopic (exact) mass is 2080 g/mol. The number of tetrazole rings is 1. The quantitative estimate of drug-likeness (QED) is 0.0311. The zero-order valence-electron chi connectivity index (χ0n) is 98.7. The van der Waals surface area contributed by atoms with Gasteiger partial charge in [0.25, 0.3) is 0 Å². The molecule has 1 aliphatic carbocycles. The Labute approximate surface area is 877 Å². The summed E-state index contributed by atoms with van der Waals surface area (Å²) in [7, 11) is 9.20. The van der Waals surface area contributed by atoms with E-state index >= 15 is 0 Å². The van der Waals surface area contributed by atoms with Gasteiger partial charge >= 0.3 is 6.18 Å². The number of ether oxygens (including phenoxy) is 3. The molecule has 1 unspecified atom stereocenters. The van der Waals surface area contributed by atoms with Crippen LogP contribution in [0.15, 0.2) is 101 Å². The molecule has 146 heavy (non-hydrogen) atoms. The smallest absolute Gasteiger partial charge is 0.404 e. The van der Waals surface area contributed by atoms with Gasteiger partial charge < -0.3 is 52.6 Å². The predicted molar refractivity (Wildman–Crippen MR) is 581 cm³/mol. The SMILES string of the molecule is C/C=C(\C)C(C)C.C=C(C#N)C(C)C.C=C(C#N)C(C)C.CC(C)c1cn(C)nn1.CC(C)c1cnccn1.CC(C)c1nnn(C)n1.CNC(C(C)C)C(F)(F)F.CNC1(C(C)C)CC1.CNC1(C(C)C)COC1.CNS(=O)(=O)C(C)C.COC1(C(C)C)COC1.Cc1cc(C(C)C)no1.Cc1cc(C(C)C)on1.Cc1nc(C(C)C)n[nH]1.Cc1nc(C(C)C)no1.Cc1ncc(C(C)C)o1.Cc1nnc(C(C)C)o1. The highest BCUT2D eigenvalue weighted by Gasteiger charge is 2.44. The third kappa shape index (κ3) is 63.6. The average Bonchev–Trinajstić information content (AvgIpc) is 1.70. The second-order valence-electron chi connectivity index (χ2n) is 40.8. The van der Waals surface area contributed by atoms with Crippen LogP contribution in [-0.4, -0.2) is 200 Å². The van der Waals surface area contributed by atoms with Crippen molar-refractivity contribution in [3.8, 4) is 12.1 Å². The second-order valence-corrected chi connectivity index (χ2v) is 43.2. The van der Waals surface area contributed by atoms with E-state index in [9.17, 15) is 21.6 Å². The Morgan fingerprint density at radius 3 is 1.17 bits per heavy atom. The molecule has 0 radical (unpaired) electrons. The number of nitriles is 2. The third-order valence-electron chi connectivity index (χ3n) is 22.5. The highest BCUT2D eigenvalue weighted by atomic mass is 32.2. The van der Waals surface area contributed by atoms with Crippen molar-refractivity contribution in [3.63, 3.8) is 0 Å². The number of likely N-dealkylation sites (N-methyl/N-ethyl adjacent to an activating group) is 1. The molecule has 5 N–H and O–H groups in total. The van der Waals surface area contributed by atoms with Gasteiger partial charge in [-0.1, -0.05) is 267 Å². The Balaban J connectivity index is -0.000000483. The number of rotatable bonds is 22. The number of halogens is 3. The van der Waals surface area contributed by atoms with E-state index in [4.69, 9.17) is 47.1 Å². The molecule has 1 atom stereocenters. The summed E-state index contributed by atoms with van der Waals surface area (Å²) >= 11 is 0. The van der Waals surface area contributed by atoms with E-state index in [-0.39, 0.29) is 10.9 Å². The van der Waals surface area contributed by atoms with E-state index in [1.165, 1.54) is 51.2 Å². The predicted octanol–water partition coefficient (Wildman–Crippen LogP) is 24.3. The van der Waals surface area contributed by atoms with E-state index in [1.807, 2.05) is 141 Å². The first-order chi connectivity index (χ1) is 67.5. The van der Waals surface area contributed by atoms with Gasteiger partial charge in [-0.2, -0.15) is 38.6 Å². The molecule has 1 saturated carbocycles. The van der Waals surface area contributed by atoms with Crippen LogP contribution in [0.5, 0.6) is 0 Å². The fourth-order valence-corrected chi connectivity index (χ4v) is 10.9. The number of aromatic amines is 1. The summed E-state index contributed by atoms with van der Waals surface area (Å²) < 4.78 is 101. The minimum atomic E-state index is -4.12. The number of allylic oxidation sites excluding steroid dienone is 4. The zero-order valence-corrected chi connectivity index (χ0v) is 99.6. The van der Waals surface area contributed by atoms with Crippen molar-refractivity contribution >= 4 is 10.0 Å². The van der Waals surface area contributed by atoms with E-state index in [2.05, 4.69) is 286 Å². The lowest BCUT2D eigenvalue weighted by atomic mass is 9.85. The maximum atomic E-state index is 11.9. The Morgan fingerprint density at radius 2 is 1.04 bits per heavy atom. The molecule has 9 aromatic rings. The van der Waals surface area contributed by atoms with Gasteiger partial charge in [0.1, 0.15) is 34.7 Å². The molecular formula is C107H194F3N25O10S. The Kier molecular flexibility index (Phi) is 74.8. The van der Waals surface area contributed by atoms with Crippen LogP contribution in [0.3, 0.4) is 0 Å². The molecule has 0 amide bonds. The minimum Gasteiger partial charge on any atom is -0.446 e. The Bertz CT molecular complexity index is 4440. The molecule has 0 aromatic carbocycles. The summed E-state index contributed by atoms with van der Waals surface area (Å²) in [4.78, 5) is 21.7. The number of methoxy groups -OCH3 is 1. The van der Waals surface area contributed by atoms with Crippen LogP contribution in [0.25, 0.3) is 0 Å². The third-order valence-corrected chi connectivity index (χ3v) is 24.3. The van der Waals surface area contributed by atoms with Crippen molar-refractivity contribution in [1.29, 1.82) is 10.5 Å². The number of aryl methyl sites for hydroxylation is 8. The average molecular weight is 2080 g/mol. The van der Waals surface area contributed by atoms with Crippen LogP contribution in [-0.2, 0) is 38.3 Å². The summed E-state index contributed by atoms with van der Waals surface area (Å²) in [5.41, 5.74) is 7.75. The molecule has 11 heterocycles. The number of nitrogens with zero attached hydrogens (tertiary/aromatic N) is 20. The number of aromatic nitrogens is 19. The standard InChI is InChI=1S/C7H10N2.C7H15NO.3C7H11NO.C7H15N.C7H14O2.C7H14.C6H12F3N.2C6H11N3.2C6H10N2O.2C6H9N.C5H10N4.C4H11NO2S/c1-6(2)7-5-8-3-4-9-7;1-6(2)7(8-3)4-9-5-7;1-5(2)7-4-8-6(3)9-7;1-5(2)7-4-6(3)9-8-7;1-5(2)7-4-6(3)8-9-7;1-6(2)7(8-3)4-5-7;1-6(2)7(8-3)4-9-5-7;1-5-7(4)6(2)3;1-4(2)5(10-3)6(7,8)9;1-5(2)6-4-9(3)8-7-6;1-4(2)6-7-5(3)8-9-6;1-4(2)6-8-7-5(3)9-6;1-4(2)6-7-5(3)9-8-6;2*1-5(2)6(3)4-7;1-4(2)5-6-8-9(3)7-5;1-4(2)8(6,7)5-3/h3-6H,1-2H3;6,8H,4-5H2,1-3H3;3*4-5H,1-3H3;6,8H,4-5H2,1-3H3;6H,4-5H2,1-3H3;5-6H,1-4H3;4-5,10H,1-3H3;4-5H,1-3H3;4H,1-3H3,(H,7,8,9);2*4H,1-3H3;2*5H,3H2,1-2H3;4H,1-3H3;4-5H,1-3H3/b;;;;;;;7-5+;;;;;;;;;. The largest absolute Gasteiger partial charge is 0.446 e. The highest BCUT2D eigenvalue weighted by Crippen LogP contribution is 2.41. The van der Waals surface area contributed by atoms with Crippen molar-refractivity contribution in [1.82, 2.24) is 117 Å². The fraction of sp³-hybridized carbons (Fsp3) is 0.720. The normalized spacial score (nSPS) is 13.3. The topological polar surface area (TPSA) is 455 Å². The molecule has 35 nitrogen and oxygen atoms in total. The summed E-state index contributed by atoms with van der Waals surface area (Å²) in [5.74, 6) is 15.8. The lowest BCUT2D eigenvalue weighted by Crippen LogP contribution is -2.62. The van der Waals surface area contributed by atoms with E-state index < -0.39 is 28.2 Å². The number of oxazole rings is 1. The Morgan fingerprint density at radius 1 is 0.534 bits per heavy atom. The maximum Gasteiger partial charge on any atom is 0.404 e. The van der Waals surface area contributed by atoms with Crippen LogP contribution in [0, 0.1) is 106 Å². The molecule has 0 spiro atoms. The van der Waals surface area contributed by atoms with Crippen molar-refractivity contribution in [2.45, 2.75) is 391 Å². The minimum absolute atomic E-state index is 0.0417. The number of hydrogen-bond donors (Lipinski definition) is 5. The lowest BCUT2D eigenvalue weighted by Gasteiger charge is -2.44. The van der Waals surface area contributed by atoms with Gasteiger partial charge in [-0.3, -0.25) is 19.7 Å². The van der Waals surface area contributed by atoms with Gasteiger partial charge in [0.2, 0.25) is 27.7 Å². The van der Waals surface area contributed by atoms with Gasteiger partial charge in [-0.15, -0.1) is 25.5 Å². The van der Waals surface area contributed by atoms with Crippen molar-refractivity contribution in [2.75, 3.05) is 61.7 Å². The molecule has 9 aromatic heterocycles. The van der Waals surface area contributed by atoms with Crippen LogP contribution < -0.4 is 20.7 Å². The zero-order chi connectivity index (χ0) is 114. The molecule has 3 fully saturated rings. The number of nitrogens with one attached hydrogen (secondary N) is 5. The van der Waals surface area contributed by atoms with Crippen LogP contribution in [0.1, 0.15) is 402 Å². The molecule has 834 valence electrons. The fourth-order valence-electron chi connectivity index (χ4n) is 10.5. The number of sulfonamides is 1. The van der Waals surface area contributed by atoms with Crippen LogP contribution in [0.2, 0.25) is 0 Å². The number of hydrogen-bond acceptors (Lipinski definition) is 31.